The van der Waals surface area contributed by atoms with Crippen LogP contribution in [0.4, 0.5) is 10.8 Å². The topological polar surface area (TPSA) is 56.8 Å². The molecule has 2 aliphatic rings. The molecule has 0 bridgehead atoms. The van der Waals surface area contributed by atoms with Crippen molar-refractivity contribution in [2.75, 3.05) is 42.5 Å². The third kappa shape index (κ3) is 3.07. The summed E-state index contributed by atoms with van der Waals surface area (Å²) < 4.78 is 0. The summed E-state index contributed by atoms with van der Waals surface area (Å²) in [5.74, 6) is 0.216. The lowest BCUT2D eigenvalue weighted by Gasteiger charge is -2.34. The minimum absolute atomic E-state index is 0.0758. The molecule has 26 heavy (non-hydrogen) atoms. The fourth-order valence-electron chi connectivity index (χ4n) is 3.64. The van der Waals surface area contributed by atoms with Crippen LogP contribution in [0.15, 0.2) is 29.8 Å². The van der Waals surface area contributed by atoms with Crippen LogP contribution in [-0.4, -0.2) is 54.4 Å². The van der Waals surface area contributed by atoms with Crippen molar-refractivity contribution in [1.82, 2.24) is 9.88 Å². The third-order valence-electron chi connectivity index (χ3n) is 5.08. The van der Waals surface area contributed by atoms with Crippen molar-refractivity contribution in [3.05, 3.63) is 40.9 Å². The molecule has 2 aromatic rings. The van der Waals surface area contributed by atoms with Crippen LogP contribution < -0.4 is 9.80 Å². The second-order valence-corrected chi connectivity index (χ2v) is 7.46. The van der Waals surface area contributed by atoms with Crippen molar-refractivity contribution in [2.45, 2.75) is 19.8 Å². The van der Waals surface area contributed by atoms with Gasteiger partial charge in [0.25, 0.3) is 5.91 Å². The molecule has 0 aliphatic carbocycles. The van der Waals surface area contributed by atoms with Crippen LogP contribution >= 0.6 is 11.3 Å². The zero-order valence-corrected chi connectivity index (χ0v) is 15.7. The second-order valence-electron chi connectivity index (χ2n) is 6.59. The van der Waals surface area contributed by atoms with Crippen LogP contribution in [0.5, 0.6) is 0 Å². The number of hydrogen-bond donors (Lipinski definition) is 0. The Hall–Kier alpha value is -2.41. The van der Waals surface area contributed by atoms with Gasteiger partial charge in [-0.15, -0.1) is 11.3 Å². The number of fused-ring (bicyclic) bond motifs is 1. The van der Waals surface area contributed by atoms with E-state index in [4.69, 9.17) is 0 Å². The van der Waals surface area contributed by atoms with Gasteiger partial charge in [-0.25, -0.2) is 4.98 Å². The molecule has 136 valence electrons. The van der Waals surface area contributed by atoms with Crippen molar-refractivity contribution in [3.8, 4) is 0 Å². The molecular formula is C19H22N4O2S. The van der Waals surface area contributed by atoms with Crippen LogP contribution in [0.1, 0.15) is 29.3 Å². The van der Waals surface area contributed by atoms with Gasteiger partial charge in [0.05, 0.1) is 0 Å². The zero-order valence-electron chi connectivity index (χ0n) is 14.9. The molecule has 0 spiro atoms. The van der Waals surface area contributed by atoms with Crippen molar-refractivity contribution >= 4 is 34.0 Å². The van der Waals surface area contributed by atoms with E-state index >= 15 is 0 Å². The highest BCUT2D eigenvalue weighted by Gasteiger charge is 2.27. The van der Waals surface area contributed by atoms with Crippen LogP contribution in [0.3, 0.4) is 0 Å². The molecule has 2 amide bonds. The first-order valence-corrected chi connectivity index (χ1v) is 9.92. The number of anilines is 2. The number of aromatic nitrogens is 1. The number of thiazole rings is 1. The van der Waals surface area contributed by atoms with Crippen molar-refractivity contribution < 1.29 is 9.59 Å². The molecule has 0 atom stereocenters. The van der Waals surface area contributed by atoms with Gasteiger partial charge < -0.3 is 14.7 Å². The van der Waals surface area contributed by atoms with Crippen LogP contribution in [-0.2, 0) is 11.2 Å². The number of carbonyl (C=O) groups is 2. The Morgan fingerprint density at radius 3 is 2.65 bits per heavy atom. The third-order valence-corrected chi connectivity index (χ3v) is 5.91. The molecule has 0 unspecified atom stereocenters. The molecule has 0 saturated carbocycles. The molecule has 1 aromatic heterocycles. The summed E-state index contributed by atoms with van der Waals surface area (Å²) in [7, 11) is 0. The Bertz CT molecular complexity index is 813. The standard InChI is InChI=1S/C19H22N4O2S/c1-2-17(24)23-7-5-14-13-15(3-4-16(14)23)18(25)21-8-10-22(11-9-21)19-20-6-12-26-19/h3-4,6,12-13H,2,5,7-11H2,1H3. The quantitative estimate of drug-likeness (QED) is 0.833. The number of rotatable bonds is 3. The fourth-order valence-corrected chi connectivity index (χ4v) is 4.34. The van der Waals surface area contributed by atoms with Gasteiger partial charge in [0.2, 0.25) is 5.91 Å². The predicted octanol–water partition coefficient (Wildman–Crippen LogP) is 2.40. The number of amides is 2. The van der Waals surface area contributed by atoms with Crippen molar-refractivity contribution in [3.63, 3.8) is 0 Å². The number of carbonyl (C=O) groups excluding carboxylic acids is 2. The summed E-state index contributed by atoms with van der Waals surface area (Å²) in [6, 6.07) is 5.75. The smallest absolute Gasteiger partial charge is 0.253 e. The SMILES string of the molecule is CCC(=O)N1CCc2cc(C(=O)N3CCN(c4nccs4)CC3)ccc21. The van der Waals surface area contributed by atoms with Gasteiger partial charge >= 0.3 is 0 Å². The number of benzene rings is 1. The maximum atomic E-state index is 12.9. The van der Waals surface area contributed by atoms with Gasteiger partial charge in [0.1, 0.15) is 0 Å². The van der Waals surface area contributed by atoms with E-state index in [1.54, 1.807) is 11.3 Å². The van der Waals surface area contributed by atoms with E-state index in [1.165, 1.54) is 0 Å². The van der Waals surface area contributed by atoms with Crippen molar-refractivity contribution in [1.29, 1.82) is 0 Å². The van der Waals surface area contributed by atoms with E-state index in [2.05, 4.69) is 9.88 Å². The Labute approximate surface area is 157 Å². The monoisotopic (exact) mass is 370 g/mol. The molecule has 4 rings (SSSR count). The Morgan fingerprint density at radius 2 is 1.96 bits per heavy atom. The summed E-state index contributed by atoms with van der Waals surface area (Å²) in [5, 5.41) is 3.00. The normalized spacial score (nSPS) is 16.7. The van der Waals surface area contributed by atoms with Gasteiger partial charge in [-0.2, -0.15) is 0 Å². The first-order valence-electron chi connectivity index (χ1n) is 9.04. The van der Waals surface area contributed by atoms with Crippen molar-refractivity contribution in [2.24, 2.45) is 0 Å². The molecule has 0 N–H and O–H groups in total. The molecule has 1 fully saturated rings. The number of nitrogens with zero attached hydrogens (tertiary/aromatic N) is 4. The van der Waals surface area contributed by atoms with Gasteiger partial charge in [-0.3, -0.25) is 9.59 Å². The Morgan fingerprint density at radius 1 is 1.15 bits per heavy atom. The molecule has 3 heterocycles. The van der Waals surface area contributed by atoms with Gasteiger partial charge in [0.15, 0.2) is 5.13 Å². The zero-order chi connectivity index (χ0) is 18.1. The van der Waals surface area contributed by atoms with Gasteiger partial charge in [-0.1, -0.05) is 6.92 Å². The molecule has 1 aromatic carbocycles. The minimum Gasteiger partial charge on any atom is -0.345 e. The molecule has 0 radical (unpaired) electrons. The van der Waals surface area contributed by atoms with E-state index in [9.17, 15) is 9.59 Å². The lowest BCUT2D eigenvalue weighted by atomic mass is 10.1. The fraction of sp³-hybridized carbons (Fsp3) is 0.421. The molecular weight excluding hydrogens is 348 g/mol. The highest BCUT2D eigenvalue weighted by Crippen LogP contribution is 2.30. The average molecular weight is 370 g/mol. The molecule has 1 saturated heterocycles. The Kier molecular flexibility index (Phi) is 4.63. The van der Waals surface area contributed by atoms with E-state index in [-0.39, 0.29) is 11.8 Å². The summed E-state index contributed by atoms with van der Waals surface area (Å²) in [6.07, 6.45) is 3.14. The summed E-state index contributed by atoms with van der Waals surface area (Å²) in [5.41, 5.74) is 2.78. The van der Waals surface area contributed by atoms with E-state index in [1.807, 2.05) is 46.5 Å². The van der Waals surface area contributed by atoms with E-state index in [0.717, 1.165) is 41.5 Å². The first-order chi connectivity index (χ1) is 12.7. The number of piperazine rings is 1. The number of hydrogen-bond acceptors (Lipinski definition) is 5. The van der Waals surface area contributed by atoms with Crippen LogP contribution in [0, 0.1) is 0 Å². The average Bonchev–Trinajstić information content (AvgIpc) is 3.36. The highest BCUT2D eigenvalue weighted by atomic mass is 32.1. The molecule has 6 nitrogen and oxygen atoms in total. The summed E-state index contributed by atoms with van der Waals surface area (Å²) in [4.78, 5) is 35.2. The summed E-state index contributed by atoms with van der Waals surface area (Å²) in [6.45, 7) is 5.62. The highest BCUT2D eigenvalue weighted by molar-refractivity contribution is 7.13. The largest absolute Gasteiger partial charge is 0.345 e. The van der Waals surface area contributed by atoms with E-state index in [0.29, 0.717) is 26.1 Å². The minimum atomic E-state index is 0.0758. The van der Waals surface area contributed by atoms with Crippen LogP contribution in [0.25, 0.3) is 0 Å². The maximum absolute atomic E-state index is 12.9. The predicted molar refractivity (Wildman–Crippen MR) is 103 cm³/mol. The molecule has 7 heteroatoms. The molecule has 2 aliphatic heterocycles. The van der Waals surface area contributed by atoms with Gasteiger partial charge in [-0.05, 0) is 30.2 Å². The van der Waals surface area contributed by atoms with E-state index < -0.39 is 0 Å². The first kappa shape index (κ1) is 17.0. The maximum Gasteiger partial charge on any atom is 0.253 e. The van der Waals surface area contributed by atoms with Crippen LogP contribution in [0.2, 0.25) is 0 Å². The lowest BCUT2D eigenvalue weighted by molar-refractivity contribution is -0.118. The second kappa shape index (κ2) is 7.07. The Balaban J connectivity index is 1.44. The summed E-state index contributed by atoms with van der Waals surface area (Å²) >= 11 is 1.63. The lowest BCUT2D eigenvalue weighted by Crippen LogP contribution is -2.48. The van der Waals surface area contributed by atoms with Gasteiger partial charge in [0, 0.05) is 62.0 Å².